The minimum atomic E-state index is -1.49. The average molecular weight is 646 g/mol. The van der Waals surface area contributed by atoms with Crippen LogP contribution in [0, 0.1) is 5.92 Å². The molecule has 0 spiro atoms. The minimum Gasteiger partial charge on any atom is -0.456 e. The number of unbranched alkanes of at least 4 members (excludes halogenated alkanes) is 3. The third kappa shape index (κ3) is 12.4. The monoisotopic (exact) mass is 645 g/mol. The van der Waals surface area contributed by atoms with Crippen LogP contribution in [0.15, 0.2) is 58.1 Å². The van der Waals surface area contributed by atoms with Crippen molar-refractivity contribution in [1.29, 1.82) is 0 Å². The molecule has 0 saturated carbocycles. The van der Waals surface area contributed by atoms with Crippen LogP contribution in [-0.2, 0) is 9.53 Å². The van der Waals surface area contributed by atoms with Crippen LogP contribution in [0.25, 0.3) is 6.08 Å². The molecule has 5 N–H and O–H groups in total. The summed E-state index contributed by atoms with van der Waals surface area (Å²) >= 11 is 1.38. The highest BCUT2D eigenvalue weighted by atomic mass is 32.1. The number of thiazole rings is 1. The largest absolute Gasteiger partial charge is 0.456 e. The molecule has 2 rings (SSSR count). The van der Waals surface area contributed by atoms with Crippen LogP contribution < -0.4 is 0 Å². The second-order valence-electron chi connectivity index (χ2n) is 12.4. The first kappa shape index (κ1) is 38.8. The van der Waals surface area contributed by atoms with Gasteiger partial charge in [-0.3, -0.25) is 0 Å². The van der Waals surface area contributed by atoms with E-state index in [9.17, 15) is 30.3 Å². The number of fused-ring (bicyclic) bond motifs is 2. The van der Waals surface area contributed by atoms with Crippen LogP contribution in [-0.4, -0.2) is 73.1 Å². The van der Waals surface area contributed by atoms with Gasteiger partial charge in [-0.1, -0.05) is 81.6 Å². The predicted octanol–water partition coefficient (Wildman–Crippen LogP) is 6.16. The maximum Gasteiger partial charge on any atom is 0.334 e. The lowest BCUT2D eigenvalue weighted by molar-refractivity contribution is -0.158. The quantitative estimate of drug-likeness (QED) is 0.110. The maximum absolute atomic E-state index is 13.7. The molecule has 0 saturated heterocycles. The second-order valence-corrected chi connectivity index (χ2v) is 13.3. The Morgan fingerprint density at radius 3 is 2.56 bits per heavy atom. The highest BCUT2D eigenvalue weighted by Crippen LogP contribution is 2.29. The first-order valence-corrected chi connectivity index (χ1v) is 17.1. The molecular formula is C36H55NO7S. The Labute approximate surface area is 273 Å². The molecule has 0 radical (unpaired) electrons. The van der Waals surface area contributed by atoms with Crippen molar-refractivity contribution in [2.45, 2.75) is 136 Å². The summed E-state index contributed by atoms with van der Waals surface area (Å²) in [6, 6.07) is 0. The van der Waals surface area contributed by atoms with E-state index in [1.165, 1.54) is 11.3 Å². The number of rotatable bonds is 11. The molecular weight excluding hydrogens is 590 g/mol. The van der Waals surface area contributed by atoms with E-state index in [1.54, 1.807) is 38.2 Å². The topological polar surface area (TPSA) is 140 Å². The fourth-order valence-electron chi connectivity index (χ4n) is 5.19. The SMILES string of the molecule is C/C=C(C)/C=C(\C)C(O)C(C)C(O)C(O)C1CC=C(C)C=CC(O)CC(O)C(C)c2nc(cs2)C=C(CCCCCC)C(=O)O1. The van der Waals surface area contributed by atoms with Gasteiger partial charge in [0.05, 0.1) is 35.1 Å². The number of ether oxygens (including phenoxy) is 1. The molecule has 8 nitrogen and oxygen atoms in total. The zero-order valence-corrected chi connectivity index (χ0v) is 28.8. The summed E-state index contributed by atoms with van der Waals surface area (Å²) in [6.07, 6.45) is 8.30. The Bertz CT molecular complexity index is 1230. The van der Waals surface area contributed by atoms with Crippen LogP contribution in [0.4, 0.5) is 0 Å². The lowest BCUT2D eigenvalue weighted by Gasteiger charge is -2.32. The predicted molar refractivity (Wildman–Crippen MR) is 182 cm³/mol. The Kier molecular flexibility index (Phi) is 16.6. The lowest BCUT2D eigenvalue weighted by Crippen LogP contribution is -2.46. The summed E-state index contributed by atoms with van der Waals surface area (Å²) in [6.45, 7) is 13.0. The third-order valence-corrected chi connectivity index (χ3v) is 9.59. The first-order chi connectivity index (χ1) is 21.3. The molecule has 2 heterocycles. The number of nitrogens with zero attached hydrogens (tertiary/aromatic N) is 1. The van der Waals surface area contributed by atoms with Crippen molar-refractivity contribution < 1.29 is 35.1 Å². The third-order valence-electron chi connectivity index (χ3n) is 8.53. The zero-order valence-electron chi connectivity index (χ0n) is 28.0. The number of hydrogen-bond acceptors (Lipinski definition) is 9. The summed E-state index contributed by atoms with van der Waals surface area (Å²) in [5, 5.41) is 57.4. The Hall–Kier alpha value is -2.40. The fourth-order valence-corrected chi connectivity index (χ4v) is 6.08. The van der Waals surface area contributed by atoms with Crippen LogP contribution >= 0.6 is 11.3 Å². The number of aliphatic hydroxyl groups excluding tert-OH is 5. The van der Waals surface area contributed by atoms with Gasteiger partial charge in [0.1, 0.15) is 12.2 Å². The van der Waals surface area contributed by atoms with Crippen molar-refractivity contribution >= 4 is 23.4 Å². The van der Waals surface area contributed by atoms with Crippen molar-refractivity contribution in [2.24, 2.45) is 5.92 Å². The van der Waals surface area contributed by atoms with Gasteiger partial charge < -0.3 is 30.3 Å². The van der Waals surface area contributed by atoms with E-state index >= 15 is 0 Å². The van der Waals surface area contributed by atoms with Gasteiger partial charge in [-0.2, -0.15) is 0 Å². The number of allylic oxidation sites excluding steroid dienone is 5. The molecule has 1 aromatic rings. The molecule has 2 bridgehead atoms. The van der Waals surface area contributed by atoms with E-state index in [2.05, 4.69) is 11.9 Å². The lowest BCUT2D eigenvalue weighted by atomic mass is 9.87. The van der Waals surface area contributed by atoms with Gasteiger partial charge in [0.2, 0.25) is 0 Å². The number of aromatic nitrogens is 1. The molecule has 45 heavy (non-hydrogen) atoms. The minimum absolute atomic E-state index is 0.0924. The summed E-state index contributed by atoms with van der Waals surface area (Å²) in [5.74, 6) is -1.67. The van der Waals surface area contributed by atoms with Crippen LogP contribution in [0.2, 0.25) is 0 Å². The molecule has 8 atom stereocenters. The molecule has 0 aromatic carbocycles. The van der Waals surface area contributed by atoms with Crippen molar-refractivity contribution in [3.63, 3.8) is 0 Å². The van der Waals surface area contributed by atoms with E-state index in [4.69, 9.17) is 4.74 Å². The molecule has 1 aromatic heterocycles. The van der Waals surface area contributed by atoms with Crippen molar-refractivity contribution in [2.75, 3.05) is 0 Å². The number of carbonyl (C=O) groups is 1. The Morgan fingerprint density at radius 1 is 1.18 bits per heavy atom. The average Bonchev–Trinajstić information content (AvgIpc) is 3.49. The normalized spacial score (nSPS) is 25.5. The van der Waals surface area contributed by atoms with Gasteiger partial charge >= 0.3 is 5.97 Å². The molecule has 0 aliphatic carbocycles. The van der Waals surface area contributed by atoms with Crippen molar-refractivity contribution in [1.82, 2.24) is 4.98 Å². The summed E-state index contributed by atoms with van der Waals surface area (Å²) in [7, 11) is 0. The molecule has 0 amide bonds. The van der Waals surface area contributed by atoms with Crippen LogP contribution in [0.3, 0.4) is 0 Å². The van der Waals surface area contributed by atoms with Gasteiger partial charge in [-0.05, 0) is 52.2 Å². The highest BCUT2D eigenvalue weighted by molar-refractivity contribution is 7.09. The number of hydrogen-bond donors (Lipinski definition) is 5. The van der Waals surface area contributed by atoms with Crippen LogP contribution in [0.5, 0.6) is 0 Å². The van der Waals surface area contributed by atoms with Gasteiger partial charge in [0.25, 0.3) is 0 Å². The summed E-state index contributed by atoms with van der Waals surface area (Å²) in [5.41, 5.74) is 3.34. The fraction of sp³-hybridized carbons (Fsp3) is 0.611. The van der Waals surface area contributed by atoms with Crippen LogP contribution in [0.1, 0.15) is 110 Å². The summed E-state index contributed by atoms with van der Waals surface area (Å²) in [4.78, 5) is 18.4. The number of aliphatic hydroxyl groups is 5. The summed E-state index contributed by atoms with van der Waals surface area (Å²) < 4.78 is 5.95. The first-order valence-electron chi connectivity index (χ1n) is 16.2. The van der Waals surface area contributed by atoms with Gasteiger partial charge in [-0.15, -0.1) is 11.3 Å². The standard InChI is InChI=1S/C36H55NO7S/c1-8-10-11-12-13-27-19-28-21-45-35(37-28)25(6)30(39)20-29(38)16-14-23(4)15-17-31(44-36(27)43)34(42)33(41)26(7)32(40)24(5)18-22(3)9-2/h9,14-16,18-19,21,25-26,29-34,38-42H,8,10-13,17,20H2,1-7H3/b16-14?,22-9+,23-15?,24-18+,27-19?. The maximum atomic E-state index is 13.7. The molecule has 252 valence electrons. The Morgan fingerprint density at radius 2 is 1.89 bits per heavy atom. The number of carbonyl (C=O) groups excluding carboxylic acids is 1. The molecule has 8 unspecified atom stereocenters. The molecule has 0 fully saturated rings. The van der Waals surface area contributed by atoms with E-state index in [0.717, 1.165) is 36.8 Å². The molecule has 1 aliphatic rings. The van der Waals surface area contributed by atoms with Gasteiger partial charge in [0, 0.05) is 35.6 Å². The zero-order chi connectivity index (χ0) is 33.7. The number of cyclic esters (lactones) is 1. The van der Waals surface area contributed by atoms with Gasteiger partial charge in [0.15, 0.2) is 0 Å². The van der Waals surface area contributed by atoms with Crippen molar-refractivity contribution in [3.8, 4) is 0 Å². The highest BCUT2D eigenvalue weighted by Gasteiger charge is 2.36. The van der Waals surface area contributed by atoms with E-state index in [-0.39, 0.29) is 18.8 Å². The van der Waals surface area contributed by atoms with Gasteiger partial charge in [-0.25, -0.2) is 9.78 Å². The van der Waals surface area contributed by atoms with E-state index < -0.39 is 48.5 Å². The van der Waals surface area contributed by atoms with Crippen molar-refractivity contribution in [3.05, 3.63) is 68.8 Å². The molecule has 1 aliphatic heterocycles. The van der Waals surface area contributed by atoms with E-state index in [0.29, 0.717) is 28.3 Å². The Balaban J connectivity index is 2.49. The smallest absolute Gasteiger partial charge is 0.334 e. The van der Waals surface area contributed by atoms with E-state index in [1.807, 2.05) is 45.2 Å². The second kappa shape index (κ2) is 19.3. The number of esters is 1. The molecule has 9 heteroatoms.